The zero-order valence-electron chi connectivity index (χ0n) is 13.2. The van der Waals surface area contributed by atoms with E-state index in [1.165, 1.54) is 6.20 Å². The fourth-order valence-electron chi connectivity index (χ4n) is 2.02. The minimum Gasteiger partial charge on any atom is -0.492 e. The Morgan fingerprint density at radius 2 is 1.91 bits per heavy atom. The van der Waals surface area contributed by atoms with E-state index in [4.69, 9.17) is 4.74 Å². The average molecular weight is 335 g/mol. The average Bonchev–Trinajstić information content (AvgIpc) is 2.51. The summed E-state index contributed by atoms with van der Waals surface area (Å²) in [5.41, 5.74) is 1.25. The number of nitrogens with zero attached hydrogens (tertiary/aromatic N) is 1. The van der Waals surface area contributed by atoms with E-state index in [1.807, 2.05) is 38.1 Å². The van der Waals surface area contributed by atoms with Crippen molar-refractivity contribution in [2.45, 2.75) is 20.3 Å². The Morgan fingerprint density at radius 1 is 1.13 bits per heavy atom. The largest absolute Gasteiger partial charge is 0.492 e. The molecule has 23 heavy (non-hydrogen) atoms. The lowest BCUT2D eigenvalue weighted by Gasteiger charge is -2.12. The first-order valence-corrected chi connectivity index (χ1v) is 9.14. The van der Waals surface area contributed by atoms with Crippen LogP contribution in [0.2, 0.25) is 0 Å². The molecule has 7 heteroatoms. The monoisotopic (exact) mass is 335 g/mol. The van der Waals surface area contributed by atoms with Crippen molar-refractivity contribution in [2.24, 2.45) is 0 Å². The Morgan fingerprint density at radius 3 is 2.57 bits per heavy atom. The zero-order valence-corrected chi connectivity index (χ0v) is 14.1. The van der Waals surface area contributed by atoms with Gasteiger partial charge in [-0.1, -0.05) is 19.1 Å². The Hall–Kier alpha value is -2.28. The number of nitrogens with one attached hydrogen (secondary N) is 2. The summed E-state index contributed by atoms with van der Waals surface area (Å²) in [6, 6.07) is 11.0. The quantitative estimate of drug-likeness (QED) is 0.773. The van der Waals surface area contributed by atoms with E-state index in [9.17, 15) is 8.42 Å². The van der Waals surface area contributed by atoms with Crippen LogP contribution in [-0.4, -0.2) is 25.8 Å². The summed E-state index contributed by atoms with van der Waals surface area (Å²) < 4.78 is 31.5. The highest BCUT2D eigenvalue weighted by Crippen LogP contribution is 2.26. The van der Waals surface area contributed by atoms with Crippen LogP contribution in [0.25, 0.3) is 0 Å². The Kier molecular flexibility index (Phi) is 5.81. The van der Waals surface area contributed by atoms with Crippen LogP contribution in [0.1, 0.15) is 20.3 Å². The summed E-state index contributed by atoms with van der Waals surface area (Å²) >= 11 is 0. The van der Waals surface area contributed by atoms with Crippen LogP contribution in [0.15, 0.2) is 42.6 Å². The third-order valence-corrected chi connectivity index (χ3v) is 4.45. The number of sulfonamides is 1. The van der Waals surface area contributed by atoms with Gasteiger partial charge in [0.2, 0.25) is 10.0 Å². The van der Waals surface area contributed by atoms with Crippen molar-refractivity contribution in [3.05, 3.63) is 42.6 Å². The smallest absolute Gasteiger partial charge is 0.232 e. The zero-order chi connectivity index (χ0) is 16.7. The molecule has 6 nitrogen and oxygen atoms in total. The number of pyridine rings is 1. The maximum Gasteiger partial charge on any atom is 0.232 e. The van der Waals surface area contributed by atoms with Gasteiger partial charge in [0.25, 0.3) is 0 Å². The second kappa shape index (κ2) is 7.82. The molecule has 0 fully saturated rings. The molecule has 2 N–H and O–H groups in total. The molecule has 124 valence electrons. The van der Waals surface area contributed by atoms with Gasteiger partial charge in [0.05, 0.1) is 29.9 Å². The molecular weight excluding hydrogens is 314 g/mol. The van der Waals surface area contributed by atoms with E-state index in [2.05, 4.69) is 15.0 Å². The second-order valence-corrected chi connectivity index (χ2v) is 6.75. The number of benzene rings is 1. The van der Waals surface area contributed by atoms with Crippen LogP contribution in [0.5, 0.6) is 5.75 Å². The van der Waals surface area contributed by atoms with E-state index in [-0.39, 0.29) is 5.75 Å². The molecule has 0 atom stereocenters. The van der Waals surface area contributed by atoms with E-state index in [0.29, 0.717) is 24.5 Å². The summed E-state index contributed by atoms with van der Waals surface area (Å²) in [6.07, 6.45) is 2.05. The number of ether oxygens (including phenoxy) is 1. The summed E-state index contributed by atoms with van der Waals surface area (Å²) in [7, 11) is -3.30. The summed E-state index contributed by atoms with van der Waals surface area (Å²) in [5, 5.41) is 3.16. The molecule has 2 rings (SSSR count). The molecule has 2 aromatic rings. The molecular formula is C16H21N3O3S. The van der Waals surface area contributed by atoms with E-state index in [1.54, 1.807) is 12.1 Å². The molecule has 0 saturated heterocycles. The molecule has 0 bridgehead atoms. The number of hydrogen-bond acceptors (Lipinski definition) is 5. The highest BCUT2D eigenvalue weighted by Gasteiger charge is 2.09. The fraction of sp³-hybridized carbons (Fsp3) is 0.312. The highest BCUT2D eigenvalue weighted by molar-refractivity contribution is 7.92. The number of rotatable bonds is 8. The van der Waals surface area contributed by atoms with Gasteiger partial charge in [0.15, 0.2) is 0 Å². The van der Waals surface area contributed by atoms with Crippen LogP contribution in [-0.2, 0) is 10.0 Å². The second-order valence-electron chi connectivity index (χ2n) is 4.91. The van der Waals surface area contributed by atoms with Gasteiger partial charge in [-0.05, 0) is 37.6 Å². The van der Waals surface area contributed by atoms with Crippen LogP contribution in [0, 0.1) is 0 Å². The molecule has 0 aliphatic heterocycles. The number of hydrogen-bond donors (Lipinski definition) is 2. The van der Waals surface area contributed by atoms with Crippen molar-refractivity contribution in [3.63, 3.8) is 0 Å². The van der Waals surface area contributed by atoms with Crippen LogP contribution in [0.3, 0.4) is 0 Å². The van der Waals surface area contributed by atoms with Gasteiger partial charge in [-0.2, -0.15) is 0 Å². The van der Waals surface area contributed by atoms with Crippen molar-refractivity contribution in [1.82, 2.24) is 4.98 Å². The lowest BCUT2D eigenvalue weighted by molar-refractivity contribution is 0.342. The molecule has 0 amide bonds. The maximum atomic E-state index is 11.7. The third-order valence-electron chi connectivity index (χ3n) is 2.96. The normalized spacial score (nSPS) is 11.0. The highest BCUT2D eigenvalue weighted by atomic mass is 32.2. The standard InChI is InChI=1S/C16H21N3O3S/c1-3-11-23(20,21)19-13-9-10-16(17-12-13)18-14-7-5-6-8-15(14)22-4-2/h5-10,12,19H,3-4,11H2,1-2H3,(H,17,18). The molecule has 0 aliphatic carbocycles. The first-order valence-electron chi connectivity index (χ1n) is 7.49. The van der Waals surface area contributed by atoms with Gasteiger partial charge in [-0.15, -0.1) is 0 Å². The molecule has 1 aromatic heterocycles. The molecule has 0 saturated carbocycles. The Bertz CT molecular complexity index is 730. The van der Waals surface area contributed by atoms with Crippen molar-refractivity contribution in [3.8, 4) is 5.75 Å². The van der Waals surface area contributed by atoms with E-state index >= 15 is 0 Å². The first-order chi connectivity index (χ1) is 11.0. The first kappa shape index (κ1) is 17.1. The SMILES string of the molecule is CCCS(=O)(=O)Nc1ccc(Nc2ccccc2OCC)nc1. The van der Waals surface area contributed by atoms with Crippen LogP contribution >= 0.6 is 0 Å². The predicted octanol–water partition coefficient (Wildman–Crippen LogP) is 3.38. The summed E-state index contributed by atoms with van der Waals surface area (Å²) in [5.74, 6) is 1.44. The molecule has 0 radical (unpaired) electrons. The van der Waals surface area contributed by atoms with E-state index in [0.717, 1.165) is 11.4 Å². The summed E-state index contributed by atoms with van der Waals surface area (Å²) in [4.78, 5) is 4.23. The lowest BCUT2D eigenvalue weighted by Crippen LogP contribution is -2.16. The van der Waals surface area contributed by atoms with Crippen molar-refractivity contribution in [1.29, 1.82) is 0 Å². The lowest BCUT2D eigenvalue weighted by atomic mass is 10.3. The Labute approximate surface area is 137 Å². The van der Waals surface area contributed by atoms with Gasteiger partial charge in [0.1, 0.15) is 11.6 Å². The minimum absolute atomic E-state index is 0.0920. The molecule has 0 spiro atoms. The predicted molar refractivity (Wildman–Crippen MR) is 92.8 cm³/mol. The number of para-hydroxylation sites is 2. The summed E-state index contributed by atoms with van der Waals surface area (Å²) in [6.45, 7) is 4.32. The molecule has 1 heterocycles. The Balaban J connectivity index is 2.09. The topological polar surface area (TPSA) is 80.3 Å². The maximum absolute atomic E-state index is 11.7. The molecule has 0 unspecified atom stereocenters. The molecule has 0 aliphatic rings. The van der Waals surface area contributed by atoms with Gasteiger partial charge in [-0.25, -0.2) is 13.4 Å². The van der Waals surface area contributed by atoms with Gasteiger partial charge in [0, 0.05) is 0 Å². The van der Waals surface area contributed by atoms with Gasteiger partial charge in [-0.3, -0.25) is 4.72 Å². The molecule has 1 aromatic carbocycles. The third kappa shape index (κ3) is 5.14. The van der Waals surface area contributed by atoms with Gasteiger partial charge >= 0.3 is 0 Å². The van der Waals surface area contributed by atoms with E-state index < -0.39 is 10.0 Å². The van der Waals surface area contributed by atoms with Crippen LogP contribution in [0.4, 0.5) is 17.2 Å². The van der Waals surface area contributed by atoms with Crippen molar-refractivity contribution in [2.75, 3.05) is 22.4 Å². The number of aromatic nitrogens is 1. The number of anilines is 3. The minimum atomic E-state index is -3.30. The van der Waals surface area contributed by atoms with Crippen LogP contribution < -0.4 is 14.8 Å². The van der Waals surface area contributed by atoms with Gasteiger partial charge < -0.3 is 10.1 Å². The van der Waals surface area contributed by atoms with Crippen molar-refractivity contribution < 1.29 is 13.2 Å². The fourth-order valence-corrected chi connectivity index (χ4v) is 3.14. The van der Waals surface area contributed by atoms with Crippen molar-refractivity contribution >= 4 is 27.2 Å².